The van der Waals surface area contributed by atoms with Crippen LogP contribution in [0.4, 0.5) is 0 Å². The van der Waals surface area contributed by atoms with Crippen LogP contribution in [0.5, 0.6) is 0 Å². The van der Waals surface area contributed by atoms with Gasteiger partial charge in [-0.25, -0.2) is 0 Å². The van der Waals surface area contributed by atoms with Crippen molar-refractivity contribution in [2.45, 2.75) is 39.2 Å². The summed E-state index contributed by atoms with van der Waals surface area (Å²) in [7, 11) is 0. The standard InChI is InChI=1S/C20H23ClN2OS/c1-5-22-19(25)17(18(24)15-8-6-7-9-16(15)21)23-12-10-14(11-13-23)20(2,3)4/h6-13,17H,5H2,1-4H3/p+1. The molecule has 0 spiro atoms. The third-order valence-electron chi connectivity index (χ3n) is 4.00. The van der Waals surface area contributed by atoms with Gasteiger partial charge in [-0.3, -0.25) is 4.79 Å². The maximum atomic E-state index is 13.1. The molecule has 0 saturated carbocycles. The predicted octanol–water partition coefficient (Wildman–Crippen LogP) is 4.29. The van der Waals surface area contributed by atoms with E-state index in [4.69, 9.17) is 23.8 Å². The van der Waals surface area contributed by atoms with Gasteiger partial charge in [0.1, 0.15) is 0 Å². The Labute approximate surface area is 160 Å². The molecule has 0 fully saturated rings. The minimum absolute atomic E-state index is 0.0452. The van der Waals surface area contributed by atoms with Crippen molar-refractivity contribution in [2.24, 2.45) is 0 Å². The molecular weight excluding hydrogens is 352 g/mol. The SMILES string of the molecule is CCNC(=S)C(C(=O)c1ccccc1Cl)[n+]1ccc(C(C)(C)C)cc1. The first kappa shape index (κ1) is 19.5. The highest BCUT2D eigenvalue weighted by Crippen LogP contribution is 2.22. The average Bonchev–Trinajstić information content (AvgIpc) is 2.55. The summed E-state index contributed by atoms with van der Waals surface area (Å²) >= 11 is 11.7. The summed E-state index contributed by atoms with van der Waals surface area (Å²) in [5.41, 5.74) is 1.72. The van der Waals surface area contributed by atoms with Crippen LogP contribution in [0, 0.1) is 0 Å². The number of halogens is 1. The molecule has 1 aromatic carbocycles. The zero-order chi connectivity index (χ0) is 18.6. The molecule has 0 aliphatic carbocycles. The van der Waals surface area contributed by atoms with Crippen LogP contribution in [-0.4, -0.2) is 17.3 Å². The van der Waals surface area contributed by atoms with Crippen molar-refractivity contribution < 1.29 is 9.36 Å². The molecule has 1 atom stereocenters. The molecular formula is C20H24ClN2OS+. The quantitative estimate of drug-likeness (QED) is 0.481. The molecule has 5 heteroatoms. The summed E-state index contributed by atoms with van der Waals surface area (Å²) < 4.78 is 1.84. The Bertz CT molecular complexity index is 766. The monoisotopic (exact) mass is 375 g/mol. The number of thiocarbonyl (C=S) groups is 1. The molecule has 1 heterocycles. The fourth-order valence-corrected chi connectivity index (χ4v) is 3.18. The summed E-state index contributed by atoms with van der Waals surface area (Å²) in [4.78, 5) is 13.6. The van der Waals surface area contributed by atoms with E-state index in [9.17, 15) is 4.79 Å². The van der Waals surface area contributed by atoms with Crippen molar-refractivity contribution in [2.75, 3.05) is 6.54 Å². The number of nitrogens with zero attached hydrogens (tertiary/aromatic N) is 1. The number of nitrogens with one attached hydrogen (secondary N) is 1. The fraction of sp³-hybridized carbons (Fsp3) is 0.350. The summed E-state index contributed by atoms with van der Waals surface area (Å²) in [6.07, 6.45) is 3.81. The second-order valence-electron chi connectivity index (χ2n) is 6.93. The van der Waals surface area contributed by atoms with Crippen LogP contribution in [0.1, 0.15) is 49.7 Å². The topological polar surface area (TPSA) is 33.0 Å². The highest BCUT2D eigenvalue weighted by atomic mass is 35.5. The van der Waals surface area contributed by atoms with Crippen molar-refractivity contribution in [1.29, 1.82) is 0 Å². The van der Waals surface area contributed by atoms with Gasteiger partial charge < -0.3 is 5.32 Å². The number of carbonyl (C=O) groups is 1. The Kier molecular flexibility index (Phi) is 6.31. The third-order valence-corrected chi connectivity index (χ3v) is 4.70. The van der Waals surface area contributed by atoms with Crippen LogP contribution in [0.15, 0.2) is 48.8 Å². The largest absolute Gasteiger partial charge is 0.374 e. The summed E-state index contributed by atoms with van der Waals surface area (Å²) in [6, 6.07) is 10.5. The number of Topliss-reactive ketones (excluding diaryl/α,β-unsaturated/α-hetero) is 1. The van der Waals surface area contributed by atoms with E-state index in [0.717, 1.165) is 0 Å². The number of pyridine rings is 1. The molecule has 1 N–H and O–H groups in total. The minimum atomic E-state index is -0.621. The number of carbonyl (C=O) groups excluding carboxylic acids is 1. The Balaban J connectivity index is 2.45. The molecule has 0 aliphatic rings. The van der Waals surface area contributed by atoms with Crippen LogP contribution in [-0.2, 0) is 5.41 Å². The number of hydrogen-bond acceptors (Lipinski definition) is 2. The zero-order valence-electron chi connectivity index (χ0n) is 15.0. The molecule has 132 valence electrons. The van der Waals surface area contributed by atoms with E-state index in [2.05, 4.69) is 26.1 Å². The van der Waals surface area contributed by atoms with Crippen molar-refractivity contribution in [3.8, 4) is 0 Å². The van der Waals surface area contributed by atoms with Crippen molar-refractivity contribution in [1.82, 2.24) is 5.32 Å². The summed E-state index contributed by atoms with van der Waals surface area (Å²) in [5.74, 6) is -0.120. The summed E-state index contributed by atoms with van der Waals surface area (Å²) in [6.45, 7) is 9.08. The lowest BCUT2D eigenvalue weighted by molar-refractivity contribution is -0.692. The van der Waals surface area contributed by atoms with Gasteiger partial charge in [-0.15, -0.1) is 0 Å². The maximum absolute atomic E-state index is 13.1. The van der Waals surface area contributed by atoms with E-state index in [0.29, 0.717) is 22.1 Å². The van der Waals surface area contributed by atoms with E-state index < -0.39 is 6.04 Å². The predicted molar refractivity (Wildman–Crippen MR) is 106 cm³/mol. The number of hydrogen-bond donors (Lipinski definition) is 1. The molecule has 2 rings (SSSR count). The maximum Gasteiger partial charge on any atom is 0.270 e. The molecule has 0 bridgehead atoms. The molecule has 0 aliphatic heterocycles. The molecule has 2 aromatic rings. The molecule has 0 saturated heterocycles. The molecule has 1 aromatic heterocycles. The number of likely N-dealkylation sites (N-methyl/N-ethyl adjacent to an activating group) is 1. The fourth-order valence-electron chi connectivity index (χ4n) is 2.58. The van der Waals surface area contributed by atoms with Crippen LogP contribution in [0.2, 0.25) is 5.02 Å². The second-order valence-corrected chi connectivity index (χ2v) is 7.77. The Morgan fingerprint density at radius 3 is 2.32 bits per heavy atom. The summed E-state index contributed by atoms with van der Waals surface area (Å²) in [5, 5.41) is 3.54. The normalized spacial score (nSPS) is 12.5. The van der Waals surface area contributed by atoms with Crippen LogP contribution >= 0.6 is 23.8 Å². The lowest BCUT2D eigenvalue weighted by Gasteiger charge is -2.19. The lowest BCUT2D eigenvalue weighted by Crippen LogP contribution is -2.51. The minimum Gasteiger partial charge on any atom is -0.374 e. The van der Waals surface area contributed by atoms with Crippen LogP contribution < -0.4 is 9.88 Å². The van der Waals surface area contributed by atoms with Gasteiger partial charge >= 0.3 is 0 Å². The van der Waals surface area contributed by atoms with Gasteiger partial charge in [-0.05, 0) is 30.0 Å². The first-order valence-electron chi connectivity index (χ1n) is 8.33. The van der Waals surface area contributed by atoms with Crippen LogP contribution in [0.25, 0.3) is 0 Å². The Morgan fingerprint density at radius 1 is 1.20 bits per heavy atom. The van der Waals surface area contributed by atoms with Crippen LogP contribution in [0.3, 0.4) is 0 Å². The number of benzene rings is 1. The van der Waals surface area contributed by atoms with E-state index in [1.165, 1.54) is 5.56 Å². The van der Waals surface area contributed by atoms with E-state index in [1.54, 1.807) is 18.2 Å². The Hall–Kier alpha value is -1.78. The van der Waals surface area contributed by atoms with Gasteiger partial charge in [-0.1, -0.05) is 56.7 Å². The van der Waals surface area contributed by atoms with Crippen molar-refractivity contribution in [3.05, 3.63) is 64.9 Å². The van der Waals surface area contributed by atoms with E-state index in [-0.39, 0.29) is 11.2 Å². The highest BCUT2D eigenvalue weighted by molar-refractivity contribution is 7.80. The third kappa shape index (κ3) is 4.65. The molecule has 0 amide bonds. The second kappa shape index (κ2) is 8.07. The Morgan fingerprint density at radius 2 is 1.80 bits per heavy atom. The zero-order valence-corrected chi connectivity index (χ0v) is 16.6. The number of ketones is 1. The number of rotatable bonds is 5. The van der Waals surface area contributed by atoms with Gasteiger partial charge in [0.05, 0.1) is 5.02 Å². The van der Waals surface area contributed by atoms with E-state index >= 15 is 0 Å². The average molecular weight is 376 g/mol. The first-order valence-corrected chi connectivity index (χ1v) is 9.12. The molecule has 0 radical (unpaired) electrons. The van der Waals surface area contributed by atoms with Crippen molar-refractivity contribution in [3.63, 3.8) is 0 Å². The number of aromatic nitrogens is 1. The van der Waals surface area contributed by atoms with E-state index in [1.807, 2.05) is 42.1 Å². The highest BCUT2D eigenvalue weighted by Gasteiger charge is 2.34. The smallest absolute Gasteiger partial charge is 0.270 e. The van der Waals surface area contributed by atoms with Gasteiger partial charge in [0.15, 0.2) is 17.4 Å². The molecule has 1 unspecified atom stereocenters. The van der Waals surface area contributed by atoms with Gasteiger partial charge in [0.25, 0.3) is 6.04 Å². The molecule has 3 nitrogen and oxygen atoms in total. The van der Waals surface area contributed by atoms with Gasteiger partial charge in [0.2, 0.25) is 5.78 Å². The van der Waals surface area contributed by atoms with Crippen molar-refractivity contribution >= 4 is 34.6 Å². The lowest BCUT2D eigenvalue weighted by atomic mass is 9.88. The van der Waals surface area contributed by atoms with Gasteiger partial charge in [-0.2, -0.15) is 4.57 Å². The first-order chi connectivity index (χ1) is 11.8. The molecule has 25 heavy (non-hydrogen) atoms. The van der Waals surface area contributed by atoms with Gasteiger partial charge in [0, 0.05) is 24.2 Å².